The molecule has 32 heavy (non-hydrogen) atoms. The second kappa shape index (κ2) is 9.63. The second-order valence-corrected chi connectivity index (χ2v) is 9.68. The van der Waals surface area contributed by atoms with Crippen LogP contribution in [0.15, 0.2) is 65.6 Å². The van der Waals surface area contributed by atoms with Crippen molar-refractivity contribution in [2.75, 3.05) is 10.0 Å². The molecule has 0 aliphatic carbocycles. The fourth-order valence-corrected chi connectivity index (χ4v) is 4.11. The van der Waals surface area contributed by atoms with Crippen LogP contribution in [0.2, 0.25) is 5.02 Å². The highest BCUT2D eigenvalue weighted by Crippen LogP contribution is 2.23. The van der Waals surface area contributed by atoms with Crippen molar-refractivity contribution in [2.45, 2.75) is 38.7 Å². The predicted octanol–water partition coefficient (Wildman–Crippen LogP) is 5.47. The summed E-state index contributed by atoms with van der Waals surface area (Å²) in [7, 11) is -3.80. The van der Waals surface area contributed by atoms with Crippen LogP contribution >= 0.6 is 11.6 Å². The Labute approximate surface area is 193 Å². The summed E-state index contributed by atoms with van der Waals surface area (Å²) >= 11 is 6.06. The molecule has 3 aromatic carbocycles. The zero-order chi connectivity index (χ0) is 23.5. The van der Waals surface area contributed by atoms with Crippen molar-refractivity contribution >= 4 is 38.9 Å². The van der Waals surface area contributed by atoms with E-state index in [1.807, 2.05) is 39.0 Å². The largest absolute Gasteiger partial charge is 0.481 e. The predicted molar refractivity (Wildman–Crippen MR) is 128 cm³/mol. The summed E-state index contributed by atoms with van der Waals surface area (Å²) in [5.41, 5.74) is 3.90. The molecule has 0 saturated carbocycles. The van der Waals surface area contributed by atoms with E-state index in [1.54, 1.807) is 25.1 Å². The Hall–Kier alpha value is -3.03. The van der Waals surface area contributed by atoms with Crippen LogP contribution in [0.4, 0.5) is 11.4 Å². The van der Waals surface area contributed by atoms with Crippen molar-refractivity contribution < 1.29 is 17.9 Å². The summed E-state index contributed by atoms with van der Waals surface area (Å²) in [6.07, 6.45) is -0.728. The van der Waals surface area contributed by atoms with Gasteiger partial charge in [-0.05, 0) is 92.9 Å². The summed E-state index contributed by atoms with van der Waals surface area (Å²) in [6.45, 7) is 7.47. The second-order valence-electron chi connectivity index (χ2n) is 7.59. The van der Waals surface area contributed by atoms with Crippen LogP contribution in [-0.4, -0.2) is 20.4 Å². The minimum Gasteiger partial charge on any atom is -0.481 e. The number of sulfonamides is 1. The van der Waals surface area contributed by atoms with Gasteiger partial charge in [-0.15, -0.1) is 0 Å². The van der Waals surface area contributed by atoms with Crippen molar-refractivity contribution in [1.29, 1.82) is 0 Å². The van der Waals surface area contributed by atoms with Gasteiger partial charge in [0.2, 0.25) is 0 Å². The van der Waals surface area contributed by atoms with Gasteiger partial charge in [0, 0.05) is 10.7 Å². The Kier molecular flexibility index (Phi) is 7.11. The highest BCUT2D eigenvalue weighted by molar-refractivity contribution is 7.92. The Morgan fingerprint density at radius 2 is 1.50 bits per heavy atom. The normalized spacial score (nSPS) is 12.2. The first-order valence-corrected chi connectivity index (χ1v) is 11.8. The molecule has 0 radical (unpaired) electrons. The van der Waals surface area contributed by atoms with Crippen molar-refractivity contribution in [2.24, 2.45) is 0 Å². The van der Waals surface area contributed by atoms with Gasteiger partial charge in [0.15, 0.2) is 6.10 Å². The lowest BCUT2D eigenvalue weighted by molar-refractivity contribution is -0.122. The van der Waals surface area contributed by atoms with Gasteiger partial charge in [0.25, 0.3) is 15.9 Å². The summed E-state index contributed by atoms with van der Waals surface area (Å²) in [5, 5.41) is 3.21. The number of carbonyl (C=O) groups is 1. The standard InChI is InChI=1S/C24H25ClN2O4S/c1-15-6-10-21(13-17(15)3)31-18(4)24(28)26-19-8-11-22(12-9-19)32(29,30)27-20-7-5-16(2)23(25)14-20/h5-14,18,27H,1-4H3,(H,26,28)/t18-/m0/s1. The average Bonchev–Trinajstić information content (AvgIpc) is 2.73. The Bertz CT molecular complexity index is 1240. The van der Waals surface area contributed by atoms with Gasteiger partial charge in [0.1, 0.15) is 5.75 Å². The molecule has 2 N–H and O–H groups in total. The van der Waals surface area contributed by atoms with E-state index in [1.165, 1.54) is 24.3 Å². The topological polar surface area (TPSA) is 84.5 Å². The number of ether oxygens (including phenoxy) is 1. The molecular weight excluding hydrogens is 448 g/mol. The van der Waals surface area contributed by atoms with Gasteiger partial charge in [-0.25, -0.2) is 8.42 Å². The summed E-state index contributed by atoms with van der Waals surface area (Å²) in [4.78, 5) is 12.5. The molecule has 0 unspecified atom stereocenters. The smallest absolute Gasteiger partial charge is 0.265 e. The average molecular weight is 473 g/mol. The molecule has 1 amide bonds. The fourth-order valence-electron chi connectivity index (χ4n) is 2.88. The number of anilines is 2. The number of benzene rings is 3. The first-order valence-electron chi connectivity index (χ1n) is 9.99. The minimum atomic E-state index is -3.80. The Morgan fingerprint density at radius 1 is 0.875 bits per heavy atom. The molecule has 0 bridgehead atoms. The molecule has 6 nitrogen and oxygen atoms in total. The molecule has 0 spiro atoms. The van der Waals surface area contributed by atoms with Gasteiger partial charge >= 0.3 is 0 Å². The van der Waals surface area contributed by atoms with E-state index in [0.29, 0.717) is 22.1 Å². The number of hydrogen-bond donors (Lipinski definition) is 2. The highest BCUT2D eigenvalue weighted by Gasteiger charge is 2.17. The Morgan fingerprint density at radius 3 is 2.12 bits per heavy atom. The molecule has 0 aliphatic rings. The molecule has 0 aromatic heterocycles. The summed E-state index contributed by atoms with van der Waals surface area (Å²) < 4.78 is 33.5. The van der Waals surface area contributed by atoms with Gasteiger partial charge in [-0.2, -0.15) is 0 Å². The van der Waals surface area contributed by atoms with Gasteiger partial charge in [0.05, 0.1) is 10.6 Å². The van der Waals surface area contributed by atoms with Crippen LogP contribution < -0.4 is 14.8 Å². The van der Waals surface area contributed by atoms with E-state index in [4.69, 9.17) is 16.3 Å². The first-order chi connectivity index (χ1) is 15.0. The minimum absolute atomic E-state index is 0.0617. The molecular formula is C24H25ClN2O4S. The molecule has 0 aliphatic heterocycles. The third-order valence-electron chi connectivity index (χ3n) is 5.02. The van der Waals surface area contributed by atoms with E-state index in [0.717, 1.165) is 16.7 Å². The molecule has 0 heterocycles. The van der Waals surface area contributed by atoms with Crippen LogP contribution in [-0.2, 0) is 14.8 Å². The van der Waals surface area contributed by atoms with Crippen LogP contribution in [0.3, 0.4) is 0 Å². The van der Waals surface area contributed by atoms with E-state index < -0.39 is 16.1 Å². The van der Waals surface area contributed by atoms with Crippen LogP contribution in [0.25, 0.3) is 0 Å². The maximum absolute atomic E-state index is 12.6. The van der Waals surface area contributed by atoms with E-state index in [9.17, 15) is 13.2 Å². The number of carbonyl (C=O) groups excluding carboxylic acids is 1. The maximum atomic E-state index is 12.6. The number of rotatable bonds is 7. The lowest BCUT2D eigenvalue weighted by atomic mass is 10.1. The Balaban J connectivity index is 1.64. The van der Waals surface area contributed by atoms with Crippen molar-refractivity contribution in [3.8, 4) is 5.75 Å². The highest BCUT2D eigenvalue weighted by atomic mass is 35.5. The number of aryl methyl sites for hydroxylation is 3. The molecule has 3 aromatic rings. The number of halogens is 1. The molecule has 3 rings (SSSR count). The summed E-state index contributed by atoms with van der Waals surface area (Å²) in [6, 6.07) is 16.5. The third-order valence-corrected chi connectivity index (χ3v) is 6.82. The van der Waals surface area contributed by atoms with Gasteiger partial charge < -0.3 is 10.1 Å². The molecule has 168 valence electrons. The van der Waals surface area contributed by atoms with Crippen LogP contribution in [0, 0.1) is 20.8 Å². The van der Waals surface area contributed by atoms with Gasteiger partial charge in [-0.1, -0.05) is 23.7 Å². The molecule has 0 fully saturated rings. The van der Waals surface area contributed by atoms with Crippen molar-refractivity contribution in [3.05, 3.63) is 82.4 Å². The quantitative estimate of drug-likeness (QED) is 0.477. The van der Waals surface area contributed by atoms with E-state index >= 15 is 0 Å². The zero-order valence-corrected chi connectivity index (χ0v) is 19.8. The van der Waals surface area contributed by atoms with Crippen molar-refractivity contribution in [1.82, 2.24) is 0 Å². The lowest BCUT2D eigenvalue weighted by Gasteiger charge is -2.16. The van der Waals surface area contributed by atoms with Crippen LogP contribution in [0.5, 0.6) is 5.75 Å². The SMILES string of the molecule is Cc1ccc(O[C@@H](C)C(=O)Nc2ccc(S(=O)(=O)Nc3ccc(C)c(Cl)c3)cc2)cc1C. The zero-order valence-electron chi connectivity index (χ0n) is 18.3. The number of amides is 1. The third kappa shape index (κ3) is 5.81. The molecule has 0 saturated heterocycles. The summed E-state index contributed by atoms with van der Waals surface area (Å²) in [5.74, 6) is 0.269. The lowest BCUT2D eigenvalue weighted by Crippen LogP contribution is -2.30. The number of hydrogen-bond acceptors (Lipinski definition) is 4. The number of nitrogens with one attached hydrogen (secondary N) is 2. The molecule has 1 atom stereocenters. The van der Waals surface area contributed by atoms with E-state index in [-0.39, 0.29) is 10.8 Å². The van der Waals surface area contributed by atoms with Gasteiger partial charge in [-0.3, -0.25) is 9.52 Å². The maximum Gasteiger partial charge on any atom is 0.265 e. The van der Waals surface area contributed by atoms with Crippen LogP contribution in [0.1, 0.15) is 23.6 Å². The monoisotopic (exact) mass is 472 g/mol. The fraction of sp³-hybridized carbons (Fsp3) is 0.208. The molecule has 8 heteroatoms. The van der Waals surface area contributed by atoms with E-state index in [2.05, 4.69) is 10.0 Å². The van der Waals surface area contributed by atoms with Crippen molar-refractivity contribution in [3.63, 3.8) is 0 Å². The first kappa shape index (κ1) is 23.6.